The van der Waals surface area contributed by atoms with Gasteiger partial charge in [0.1, 0.15) is 0 Å². The van der Waals surface area contributed by atoms with E-state index in [1.54, 1.807) is 5.57 Å². The monoisotopic (exact) mass is 222 g/mol. The largest absolute Gasteiger partial charge is 0.0813 e. The van der Waals surface area contributed by atoms with Crippen molar-refractivity contribution < 1.29 is 0 Å². The molecular formula is C16H30. The lowest BCUT2D eigenvalue weighted by molar-refractivity contribution is 0.365. The highest BCUT2D eigenvalue weighted by molar-refractivity contribution is 5.21. The van der Waals surface area contributed by atoms with Crippen molar-refractivity contribution in [1.82, 2.24) is 0 Å². The summed E-state index contributed by atoms with van der Waals surface area (Å²) in [4.78, 5) is 0. The summed E-state index contributed by atoms with van der Waals surface area (Å²) in [5, 5.41) is 0. The molecule has 1 rings (SSSR count). The molecule has 1 aliphatic carbocycles. The smallest absolute Gasteiger partial charge is 0.0146 e. The predicted molar refractivity (Wildman–Crippen MR) is 75.7 cm³/mol. The maximum absolute atomic E-state index is 2.44. The molecule has 0 heteroatoms. The first-order valence-corrected chi connectivity index (χ1v) is 7.08. The first-order valence-electron chi connectivity index (χ1n) is 7.08. The average molecular weight is 222 g/mol. The normalized spacial score (nSPS) is 30.2. The van der Waals surface area contributed by atoms with Crippen molar-refractivity contribution in [1.29, 1.82) is 0 Å². The van der Waals surface area contributed by atoms with E-state index in [4.69, 9.17) is 0 Å². The van der Waals surface area contributed by atoms with Crippen LogP contribution >= 0.6 is 0 Å². The van der Waals surface area contributed by atoms with Crippen molar-refractivity contribution in [3.8, 4) is 0 Å². The molecule has 1 aliphatic rings. The van der Waals surface area contributed by atoms with Gasteiger partial charge in [0.15, 0.2) is 0 Å². The van der Waals surface area contributed by atoms with Gasteiger partial charge in [-0.1, -0.05) is 64.8 Å². The van der Waals surface area contributed by atoms with Crippen LogP contribution in [0.15, 0.2) is 23.8 Å². The van der Waals surface area contributed by atoms with Crippen LogP contribution in [0.25, 0.3) is 0 Å². The summed E-state index contributed by atoms with van der Waals surface area (Å²) < 4.78 is 0. The van der Waals surface area contributed by atoms with Gasteiger partial charge in [0.2, 0.25) is 0 Å². The minimum Gasteiger partial charge on any atom is -0.0813 e. The zero-order chi connectivity index (χ0) is 12.4. The zero-order valence-corrected chi connectivity index (χ0v) is 12.0. The Morgan fingerprint density at radius 2 is 1.94 bits per heavy atom. The lowest BCUT2D eigenvalue weighted by atomic mass is 9.80. The number of hydrogen-bond donors (Lipinski definition) is 0. The third-order valence-electron chi connectivity index (χ3n) is 3.40. The van der Waals surface area contributed by atoms with Crippen molar-refractivity contribution in [2.24, 2.45) is 5.41 Å². The molecule has 0 saturated heterocycles. The van der Waals surface area contributed by atoms with Gasteiger partial charge in [0.25, 0.3) is 0 Å². The van der Waals surface area contributed by atoms with E-state index in [1.807, 2.05) is 13.8 Å². The van der Waals surface area contributed by atoms with E-state index in [-0.39, 0.29) is 0 Å². The Balaban J connectivity index is 0.00000106. The van der Waals surface area contributed by atoms with Crippen LogP contribution in [0.5, 0.6) is 0 Å². The van der Waals surface area contributed by atoms with Crippen LogP contribution in [0, 0.1) is 5.41 Å². The molecule has 94 valence electrons. The Kier molecular flexibility index (Phi) is 8.33. The van der Waals surface area contributed by atoms with Crippen LogP contribution < -0.4 is 0 Å². The van der Waals surface area contributed by atoms with E-state index in [0.717, 1.165) is 0 Å². The Morgan fingerprint density at radius 3 is 2.50 bits per heavy atom. The van der Waals surface area contributed by atoms with E-state index >= 15 is 0 Å². The van der Waals surface area contributed by atoms with E-state index in [9.17, 15) is 0 Å². The summed E-state index contributed by atoms with van der Waals surface area (Å²) in [5.74, 6) is 0. The molecule has 0 bridgehead atoms. The molecule has 0 N–H and O–H groups in total. The summed E-state index contributed by atoms with van der Waals surface area (Å²) in [6.07, 6.45) is 15.0. The minimum absolute atomic E-state index is 0.452. The standard InChI is InChI=1S/C14H24.C2H6/c1-4-8-13-9-6-7-11-14(3,5-2)12-10-13;1-2/h9-10,12H,4-8,11H2,1-3H3;1-2H3/b12-10-,13-9-;/t14-;/m1./s1. The highest BCUT2D eigenvalue weighted by Gasteiger charge is 2.18. The van der Waals surface area contributed by atoms with Gasteiger partial charge in [0.05, 0.1) is 0 Å². The lowest BCUT2D eigenvalue weighted by Gasteiger charge is -2.25. The molecule has 0 aromatic heterocycles. The van der Waals surface area contributed by atoms with Gasteiger partial charge in [-0.05, 0) is 37.5 Å². The summed E-state index contributed by atoms with van der Waals surface area (Å²) in [6, 6.07) is 0. The fraction of sp³-hybridized carbons (Fsp3) is 0.750. The molecule has 1 atom stereocenters. The molecule has 0 heterocycles. The van der Waals surface area contributed by atoms with Gasteiger partial charge < -0.3 is 0 Å². The second-order valence-corrected chi connectivity index (χ2v) is 4.76. The molecule has 0 saturated carbocycles. The van der Waals surface area contributed by atoms with E-state index in [1.165, 1.54) is 38.5 Å². The van der Waals surface area contributed by atoms with Crippen molar-refractivity contribution in [3.63, 3.8) is 0 Å². The Bertz CT molecular complexity index is 222. The van der Waals surface area contributed by atoms with Gasteiger partial charge in [-0.2, -0.15) is 0 Å². The van der Waals surface area contributed by atoms with Crippen LogP contribution in [-0.4, -0.2) is 0 Å². The summed E-state index contributed by atoms with van der Waals surface area (Å²) in [7, 11) is 0. The molecule has 0 aromatic carbocycles. The molecule has 0 unspecified atom stereocenters. The molecule has 0 aliphatic heterocycles. The summed E-state index contributed by atoms with van der Waals surface area (Å²) in [6.45, 7) is 10.9. The van der Waals surface area contributed by atoms with Crippen molar-refractivity contribution in [2.75, 3.05) is 0 Å². The first kappa shape index (κ1) is 15.5. The second-order valence-electron chi connectivity index (χ2n) is 4.76. The lowest BCUT2D eigenvalue weighted by Crippen LogP contribution is -2.12. The van der Waals surface area contributed by atoms with Crippen LogP contribution in [0.4, 0.5) is 0 Å². The SMILES string of the molecule is CC.CCCC1=C/CCC[C@@](C)(CC)/C=C\1. The van der Waals surface area contributed by atoms with Gasteiger partial charge in [0, 0.05) is 0 Å². The van der Waals surface area contributed by atoms with Crippen LogP contribution in [0.1, 0.15) is 73.1 Å². The molecule has 0 nitrogen and oxygen atoms in total. The van der Waals surface area contributed by atoms with E-state index in [2.05, 4.69) is 39.0 Å². The molecule has 16 heavy (non-hydrogen) atoms. The number of rotatable bonds is 3. The molecule has 0 radical (unpaired) electrons. The fourth-order valence-corrected chi connectivity index (χ4v) is 2.02. The predicted octanol–water partition coefficient (Wildman–Crippen LogP) is 5.90. The van der Waals surface area contributed by atoms with Crippen molar-refractivity contribution in [2.45, 2.75) is 73.1 Å². The third kappa shape index (κ3) is 5.53. The van der Waals surface area contributed by atoms with Crippen LogP contribution in [0.3, 0.4) is 0 Å². The first-order chi connectivity index (χ1) is 7.70. The Morgan fingerprint density at radius 1 is 1.25 bits per heavy atom. The third-order valence-corrected chi connectivity index (χ3v) is 3.40. The molecular weight excluding hydrogens is 192 g/mol. The van der Waals surface area contributed by atoms with Crippen molar-refractivity contribution >= 4 is 0 Å². The minimum atomic E-state index is 0.452. The van der Waals surface area contributed by atoms with Crippen molar-refractivity contribution in [3.05, 3.63) is 23.8 Å². The maximum Gasteiger partial charge on any atom is -0.0146 e. The van der Waals surface area contributed by atoms with Gasteiger partial charge in [-0.25, -0.2) is 0 Å². The Hall–Kier alpha value is -0.520. The Labute approximate surface area is 103 Å². The topological polar surface area (TPSA) is 0 Å². The average Bonchev–Trinajstić information content (AvgIpc) is 2.31. The highest BCUT2D eigenvalue weighted by atomic mass is 14.2. The number of allylic oxidation sites excluding steroid dienone is 4. The molecule has 0 fully saturated rings. The molecule has 0 aromatic rings. The summed E-state index contributed by atoms with van der Waals surface area (Å²) >= 11 is 0. The second kappa shape index (κ2) is 8.61. The quantitative estimate of drug-likeness (QED) is 0.558. The zero-order valence-electron chi connectivity index (χ0n) is 12.0. The van der Waals surface area contributed by atoms with Crippen LogP contribution in [0.2, 0.25) is 0 Å². The summed E-state index contributed by atoms with van der Waals surface area (Å²) in [5.41, 5.74) is 2.00. The van der Waals surface area contributed by atoms with E-state index < -0.39 is 0 Å². The van der Waals surface area contributed by atoms with Gasteiger partial charge in [-0.3, -0.25) is 0 Å². The van der Waals surface area contributed by atoms with E-state index in [0.29, 0.717) is 5.41 Å². The van der Waals surface area contributed by atoms with Crippen LogP contribution in [-0.2, 0) is 0 Å². The van der Waals surface area contributed by atoms with Gasteiger partial charge in [-0.15, -0.1) is 0 Å². The number of hydrogen-bond acceptors (Lipinski definition) is 0. The maximum atomic E-state index is 2.44. The molecule has 0 amide bonds. The fourth-order valence-electron chi connectivity index (χ4n) is 2.02. The molecule has 0 spiro atoms. The highest BCUT2D eigenvalue weighted by Crippen LogP contribution is 2.32. The van der Waals surface area contributed by atoms with Gasteiger partial charge >= 0.3 is 0 Å².